The zero-order chi connectivity index (χ0) is 14.7. The third-order valence-corrected chi connectivity index (χ3v) is 3.09. The van der Waals surface area contributed by atoms with E-state index in [0.717, 1.165) is 0 Å². The van der Waals surface area contributed by atoms with Crippen molar-refractivity contribution in [3.63, 3.8) is 0 Å². The first-order chi connectivity index (χ1) is 9.45. The molecule has 8 heteroatoms. The Bertz CT molecular complexity index is 576. The molecule has 0 aromatic heterocycles. The van der Waals surface area contributed by atoms with E-state index in [0.29, 0.717) is 12.2 Å². The number of carboxylic acid groups (broad SMARTS) is 1. The van der Waals surface area contributed by atoms with Crippen molar-refractivity contribution >= 4 is 35.2 Å². The van der Waals surface area contributed by atoms with Crippen LogP contribution in [0.3, 0.4) is 0 Å². The molecule has 1 fully saturated rings. The van der Waals surface area contributed by atoms with Crippen molar-refractivity contribution in [3.05, 3.63) is 28.8 Å². The SMILES string of the molecule is O=C1CC(NC(=O)Nc2ccc(C(=O)O)cc2Cl)CN1. The lowest BCUT2D eigenvalue weighted by Gasteiger charge is -2.12. The molecule has 20 heavy (non-hydrogen) atoms. The van der Waals surface area contributed by atoms with Gasteiger partial charge in [0.15, 0.2) is 0 Å². The molecule has 1 saturated heterocycles. The number of rotatable bonds is 3. The Morgan fingerprint density at radius 3 is 2.70 bits per heavy atom. The molecule has 7 nitrogen and oxygen atoms in total. The van der Waals surface area contributed by atoms with Crippen LogP contribution >= 0.6 is 11.6 Å². The van der Waals surface area contributed by atoms with Crippen LogP contribution in [0.2, 0.25) is 5.02 Å². The normalized spacial score (nSPS) is 17.4. The molecule has 106 valence electrons. The van der Waals surface area contributed by atoms with Gasteiger partial charge in [-0.05, 0) is 18.2 Å². The fourth-order valence-electron chi connectivity index (χ4n) is 1.80. The standard InChI is InChI=1S/C12H12ClN3O4/c13-8-3-6(11(18)19)1-2-9(8)16-12(20)15-7-4-10(17)14-5-7/h1-3,7H,4-5H2,(H,14,17)(H,18,19)(H2,15,16,20). The van der Waals surface area contributed by atoms with Crippen molar-refractivity contribution in [2.45, 2.75) is 12.5 Å². The Hall–Kier alpha value is -2.28. The number of benzene rings is 1. The van der Waals surface area contributed by atoms with Gasteiger partial charge in [-0.2, -0.15) is 0 Å². The number of hydrogen-bond acceptors (Lipinski definition) is 3. The Morgan fingerprint density at radius 1 is 1.40 bits per heavy atom. The van der Waals surface area contributed by atoms with Gasteiger partial charge >= 0.3 is 12.0 Å². The highest BCUT2D eigenvalue weighted by Crippen LogP contribution is 2.23. The third-order valence-electron chi connectivity index (χ3n) is 2.78. The molecule has 0 bridgehead atoms. The van der Waals surface area contributed by atoms with Gasteiger partial charge in [-0.1, -0.05) is 11.6 Å². The van der Waals surface area contributed by atoms with E-state index >= 15 is 0 Å². The van der Waals surface area contributed by atoms with Gasteiger partial charge < -0.3 is 21.1 Å². The highest BCUT2D eigenvalue weighted by Gasteiger charge is 2.23. The number of carboxylic acids is 1. The van der Waals surface area contributed by atoms with Crippen LogP contribution in [-0.2, 0) is 4.79 Å². The van der Waals surface area contributed by atoms with Gasteiger partial charge in [-0.25, -0.2) is 9.59 Å². The van der Waals surface area contributed by atoms with Crippen molar-refractivity contribution in [3.8, 4) is 0 Å². The molecule has 3 amide bonds. The minimum Gasteiger partial charge on any atom is -0.478 e. The van der Waals surface area contributed by atoms with Gasteiger partial charge in [0.2, 0.25) is 5.91 Å². The Labute approximate surface area is 119 Å². The quantitative estimate of drug-likeness (QED) is 0.669. The fourth-order valence-corrected chi connectivity index (χ4v) is 2.03. The fraction of sp³-hybridized carbons (Fsp3) is 0.250. The molecule has 1 atom stereocenters. The molecule has 0 aliphatic carbocycles. The minimum absolute atomic E-state index is 0.0338. The summed E-state index contributed by atoms with van der Waals surface area (Å²) in [7, 11) is 0. The summed E-state index contributed by atoms with van der Waals surface area (Å²) >= 11 is 5.89. The summed E-state index contributed by atoms with van der Waals surface area (Å²) in [6, 6.07) is 3.23. The van der Waals surface area contributed by atoms with Crippen LogP contribution in [-0.4, -0.2) is 35.6 Å². The summed E-state index contributed by atoms with van der Waals surface area (Å²) in [4.78, 5) is 33.4. The average molecular weight is 298 g/mol. The largest absolute Gasteiger partial charge is 0.478 e. The van der Waals surface area contributed by atoms with Crippen molar-refractivity contribution < 1.29 is 19.5 Å². The molecule has 1 heterocycles. The number of aromatic carboxylic acids is 1. The maximum atomic E-state index is 11.7. The topological polar surface area (TPSA) is 108 Å². The highest BCUT2D eigenvalue weighted by atomic mass is 35.5. The molecule has 0 radical (unpaired) electrons. The average Bonchev–Trinajstić information content (AvgIpc) is 2.77. The van der Waals surface area contributed by atoms with Gasteiger partial charge in [-0.3, -0.25) is 4.79 Å². The number of amides is 3. The lowest BCUT2D eigenvalue weighted by atomic mass is 10.2. The van der Waals surface area contributed by atoms with Crippen LogP contribution < -0.4 is 16.0 Å². The van der Waals surface area contributed by atoms with Crippen LogP contribution in [0.25, 0.3) is 0 Å². The monoisotopic (exact) mass is 297 g/mol. The predicted octanol–water partition coefficient (Wildman–Crippen LogP) is 1.05. The molecule has 1 aromatic carbocycles. The van der Waals surface area contributed by atoms with Crippen LogP contribution in [0.5, 0.6) is 0 Å². The van der Waals surface area contributed by atoms with Gasteiger partial charge in [0, 0.05) is 13.0 Å². The van der Waals surface area contributed by atoms with E-state index in [2.05, 4.69) is 16.0 Å². The van der Waals surface area contributed by atoms with E-state index in [1.54, 1.807) is 0 Å². The number of halogens is 1. The van der Waals surface area contributed by atoms with Crippen LogP contribution in [0.4, 0.5) is 10.5 Å². The van der Waals surface area contributed by atoms with E-state index in [9.17, 15) is 14.4 Å². The number of anilines is 1. The molecule has 0 spiro atoms. The maximum Gasteiger partial charge on any atom is 0.335 e. The van der Waals surface area contributed by atoms with Crippen LogP contribution in [0.1, 0.15) is 16.8 Å². The molecular formula is C12H12ClN3O4. The first-order valence-electron chi connectivity index (χ1n) is 5.83. The van der Waals surface area contributed by atoms with Gasteiger partial charge in [0.1, 0.15) is 0 Å². The lowest BCUT2D eigenvalue weighted by Crippen LogP contribution is -2.39. The molecule has 1 aromatic rings. The summed E-state index contributed by atoms with van der Waals surface area (Å²) in [6.45, 7) is 0.387. The molecule has 2 rings (SSSR count). The zero-order valence-electron chi connectivity index (χ0n) is 10.3. The number of urea groups is 1. The number of nitrogens with one attached hydrogen (secondary N) is 3. The van der Waals surface area contributed by atoms with E-state index < -0.39 is 12.0 Å². The number of carbonyl (C=O) groups is 3. The second-order valence-electron chi connectivity index (χ2n) is 4.30. The molecule has 4 N–H and O–H groups in total. The lowest BCUT2D eigenvalue weighted by molar-refractivity contribution is -0.119. The Balaban J connectivity index is 1.97. The highest BCUT2D eigenvalue weighted by molar-refractivity contribution is 6.34. The zero-order valence-corrected chi connectivity index (χ0v) is 11.0. The van der Waals surface area contributed by atoms with Gasteiger partial charge in [-0.15, -0.1) is 0 Å². The summed E-state index contributed by atoms with van der Waals surface area (Å²) in [5.74, 6) is -1.21. The van der Waals surface area contributed by atoms with E-state index in [1.165, 1.54) is 18.2 Å². The Morgan fingerprint density at radius 2 is 2.15 bits per heavy atom. The van der Waals surface area contributed by atoms with Gasteiger partial charge in [0.05, 0.1) is 22.3 Å². The van der Waals surface area contributed by atoms with E-state index in [-0.39, 0.29) is 29.0 Å². The van der Waals surface area contributed by atoms with Crippen molar-refractivity contribution in [2.24, 2.45) is 0 Å². The number of carbonyl (C=O) groups excluding carboxylic acids is 2. The van der Waals surface area contributed by atoms with Crippen molar-refractivity contribution in [1.82, 2.24) is 10.6 Å². The van der Waals surface area contributed by atoms with Gasteiger partial charge in [0.25, 0.3) is 0 Å². The Kier molecular flexibility index (Phi) is 4.09. The molecule has 1 unspecified atom stereocenters. The van der Waals surface area contributed by atoms with Crippen molar-refractivity contribution in [1.29, 1.82) is 0 Å². The second-order valence-corrected chi connectivity index (χ2v) is 4.71. The third kappa shape index (κ3) is 3.39. The maximum absolute atomic E-state index is 11.7. The smallest absolute Gasteiger partial charge is 0.335 e. The van der Waals surface area contributed by atoms with Crippen LogP contribution in [0.15, 0.2) is 18.2 Å². The summed E-state index contributed by atoms with van der Waals surface area (Å²) in [5, 5.41) is 16.6. The molecule has 1 aliphatic rings. The molecule has 1 aliphatic heterocycles. The first-order valence-corrected chi connectivity index (χ1v) is 6.20. The first kappa shape index (κ1) is 14.1. The van der Waals surface area contributed by atoms with Crippen molar-refractivity contribution in [2.75, 3.05) is 11.9 Å². The number of hydrogen-bond donors (Lipinski definition) is 4. The molecular weight excluding hydrogens is 286 g/mol. The minimum atomic E-state index is -1.10. The summed E-state index contributed by atoms with van der Waals surface area (Å²) in [5.41, 5.74) is 0.331. The summed E-state index contributed by atoms with van der Waals surface area (Å²) < 4.78 is 0. The van der Waals surface area contributed by atoms with E-state index in [4.69, 9.17) is 16.7 Å². The summed E-state index contributed by atoms with van der Waals surface area (Å²) in [6.07, 6.45) is 0.235. The van der Waals surface area contributed by atoms with Crippen LogP contribution in [0, 0.1) is 0 Å². The molecule has 0 saturated carbocycles. The second kappa shape index (κ2) is 5.79. The predicted molar refractivity (Wildman–Crippen MR) is 72.0 cm³/mol. The van der Waals surface area contributed by atoms with E-state index in [1.807, 2.05) is 0 Å².